The minimum Gasteiger partial charge on any atom is -0.400 e. The number of hydrogen-bond donors (Lipinski definition) is 2. The first kappa shape index (κ1) is 12.9. The van der Waals surface area contributed by atoms with Gasteiger partial charge in [0.15, 0.2) is 5.76 Å². The molecule has 0 atom stereocenters. The Labute approximate surface area is 90.2 Å². The smallest absolute Gasteiger partial charge is 0.400 e. The van der Waals surface area contributed by atoms with Crippen molar-refractivity contribution in [3.8, 4) is 0 Å². The van der Waals surface area contributed by atoms with E-state index in [2.05, 4.69) is 10.2 Å². The van der Waals surface area contributed by atoms with Crippen molar-refractivity contribution in [1.29, 1.82) is 0 Å². The predicted molar refractivity (Wildman–Crippen MR) is 56.0 cm³/mol. The zero-order chi connectivity index (χ0) is 10.6. The topological polar surface area (TPSA) is 133 Å². The van der Waals surface area contributed by atoms with E-state index >= 15 is 0 Å². The molecule has 1 aromatic heterocycles. The molecule has 0 radical (unpaired) electrons. The van der Waals surface area contributed by atoms with E-state index in [-0.39, 0.29) is 30.0 Å². The van der Waals surface area contributed by atoms with Crippen LogP contribution in [0.1, 0.15) is 5.76 Å². The number of halogens is 1. The molecule has 0 aliphatic carbocycles. The summed E-state index contributed by atoms with van der Waals surface area (Å²) in [4.78, 5) is 9.54. The maximum Gasteiger partial charge on any atom is 0.433 e. The fourth-order valence-corrected chi connectivity index (χ4v) is 0.662. The summed E-state index contributed by atoms with van der Waals surface area (Å²) in [6.45, 7) is 0. The first-order chi connectivity index (χ1) is 6.59. The Kier molecular flexibility index (Phi) is 4.82. The van der Waals surface area contributed by atoms with Gasteiger partial charge < -0.3 is 15.9 Å². The second-order valence-corrected chi connectivity index (χ2v) is 2.20. The summed E-state index contributed by atoms with van der Waals surface area (Å²) >= 11 is 0. The van der Waals surface area contributed by atoms with Gasteiger partial charge in [-0.15, -0.1) is 17.5 Å². The van der Waals surface area contributed by atoms with E-state index in [1.807, 2.05) is 0 Å². The van der Waals surface area contributed by atoms with Crippen molar-refractivity contribution >= 4 is 30.5 Å². The van der Waals surface area contributed by atoms with Crippen LogP contribution in [-0.2, 0) is 0 Å². The van der Waals surface area contributed by atoms with E-state index in [0.29, 0.717) is 0 Å². The highest BCUT2D eigenvalue weighted by atomic mass is 35.5. The molecule has 9 heteroatoms. The van der Waals surface area contributed by atoms with Crippen LogP contribution in [0, 0.1) is 10.1 Å². The van der Waals surface area contributed by atoms with Crippen LogP contribution in [0.5, 0.6) is 0 Å². The molecule has 0 bridgehead atoms. The maximum absolute atomic E-state index is 10.2. The molecular formula is C6H8ClN5O3. The number of hydrogen-bond acceptors (Lipinski definition) is 5. The van der Waals surface area contributed by atoms with Gasteiger partial charge in [0.05, 0.1) is 12.3 Å². The van der Waals surface area contributed by atoms with Crippen LogP contribution in [0.3, 0.4) is 0 Å². The number of rotatable bonds is 3. The van der Waals surface area contributed by atoms with Gasteiger partial charge in [-0.3, -0.25) is 10.1 Å². The van der Waals surface area contributed by atoms with Crippen LogP contribution in [0.4, 0.5) is 5.88 Å². The second kappa shape index (κ2) is 5.60. The first-order valence-corrected chi connectivity index (χ1v) is 3.46. The van der Waals surface area contributed by atoms with Gasteiger partial charge in [-0.2, -0.15) is 5.10 Å². The minimum atomic E-state index is -0.655. The molecule has 0 unspecified atom stereocenters. The summed E-state index contributed by atoms with van der Waals surface area (Å²) in [5.41, 5.74) is 9.97. The molecule has 0 amide bonds. The minimum absolute atomic E-state index is 0. The molecule has 0 aliphatic rings. The fourth-order valence-electron chi connectivity index (χ4n) is 0.662. The molecule has 0 aliphatic heterocycles. The molecule has 1 rings (SSSR count). The normalized spacial score (nSPS) is 9.60. The summed E-state index contributed by atoms with van der Waals surface area (Å²) in [7, 11) is 0. The zero-order valence-corrected chi connectivity index (χ0v) is 8.18. The molecule has 1 aromatic rings. The largest absolute Gasteiger partial charge is 0.433 e. The van der Waals surface area contributed by atoms with Crippen molar-refractivity contribution in [2.45, 2.75) is 0 Å². The number of nitrogens with two attached hydrogens (primary N) is 2. The Hall–Kier alpha value is -2.09. The van der Waals surface area contributed by atoms with Crippen molar-refractivity contribution < 1.29 is 9.34 Å². The van der Waals surface area contributed by atoms with Gasteiger partial charge in [-0.05, 0) is 6.07 Å². The third-order valence-corrected chi connectivity index (χ3v) is 1.15. The summed E-state index contributed by atoms with van der Waals surface area (Å²) in [5, 5.41) is 16.9. The predicted octanol–water partition coefficient (Wildman–Crippen LogP) is 0.217. The highest BCUT2D eigenvalue weighted by Crippen LogP contribution is 2.13. The molecule has 82 valence electrons. The number of nitrogens with zero attached hydrogens (tertiary/aromatic N) is 3. The standard InChI is InChI=1S/C6H7N5O3.ClH/c7-6(8)10-9-3-4-1-2-5(14-4)11(12)13;/h1-3H,(H4,7,8,10);1H. The van der Waals surface area contributed by atoms with E-state index in [9.17, 15) is 10.1 Å². The van der Waals surface area contributed by atoms with Gasteiger partial charge in [0.1, 0.15) is 4.92 Å². The van der Waals surface area contributed by atoms with E-state index in [4.69, 9.17) is 15.9 Å². The van der Waals surface area contributed by atoms with Crippen LogP contribution >= 0.6 is 12.4 Å². The van der Waals surface area contributed by atoms with Gasteiger partial charge in [0.2, 0.25) is 5.96 Å². The SMILES string of the molecule is Cl.NC(N)=NN=Cc1ccc([N+](=O)[O-])o1. The molecule has 4 N–H and O–H groups in total. The van der Waals surface area contributed by atoms with E-state index in [1.54, 1.807) is 0 Å². The molecule has 0 spiro atoms. The van der Waals surface area contributed by atoms with E-state index in [1.165, 1.54) is 12.1 Å². The molecule has 0 aromatic carbocycles. The van der Waals surface area contributed by atoms with Gasteiger partial charge in [0.25, 0.3) is 0 Å². The zero-order valence-electron chi connectivity index (χ0n) is 7.36. The van der Waals surface area contributed by atoms with E-state index < -0.39 is 4.92 Å². The molecule has 0 fully saturated rings. The Balaban J connectivity index is 0.00000196. The summed E-state index contributed by atoms with van der Waals surface area (Å²) in [6.07, 6.45) is 1.16. The van der Waals surface area contributed by atoms with Gasteiger partial charge in [-0.25, -0.2) is 0 Å². The molecule has 0 saturated heterocycles. The molecule has 15 heavy (non-hydrogen) atoms. The Morgan fingerprint density at radius 3 is 2.67 bits per heavy atom. The van der Waals surface area contributed by atoms with Gasteiger partial charge >= 0.3 is 5.88 Å². The van der Waals surface area contributed by atoms with E-state index in [0.717, 1.165) is 6.21 Å². The average molecular weight is 234 g/mol. The molecule has 0 saturated carbocycles. The monoisotopic (exact) mass is 233 g/mol. The Bertz CT molecular complexity index is 395. The van der Waals surface area contributed by atoms with Crippen LogP contribution in [0.15, 0.2) is 26.8 Å². The summed E-state index contributed by atoms with van der Waals surface area (Å²) in [6, 6.07) is 2.58. The third-order valence-electron chi connectivity index (χ3n) is 1.15. The molecule has 1 heterocycles. The second-order valence-electron chi connectivity index (χ2n) is 2.20. The lowest BCUT2D eigenvalue weighted by atomic mass is 10.5. The molecular weight excluding hydrogens is 226 g/mol. The van der Waals surface area contributed by atoms with Gasteiger partial charge in [0, 0.05) is 0 Å². The summed E-state index contributed by atoms with van der Waals surface area (Å²) in [5.74, 6) is -0.375. The Morgan fingerprint density at radius 1 is 1.53 bits per heavy atom. The first-order valence-electron chi connectivity index (χ1n) is 3.46. The molecule has 8 nitrogen and oxygen atoms in total. The van der Waals surface area contributed by atoms with Crippen molar-refractivity contribution in [3.05, 3.63) is 28.0 Å². The van der Waals surface area contributed by atoms with Crippen LogP contribution < -0.4 is 11.5 Å². The number of furan rings is 1. The average Bonchev–Trinajstić information content (AvgIpc) is 2.52. The fraction of sp³-hybridized carbons (Fsp3) is 0. The maximum atomic E-state index is 10.2. The number of nitro groups is 1. The third kappa shape index (κ3) is 4.09. The highest BCUT2D eigenvalue weighted by Gasteiger charge is 2.09. The lowest BCUT2D eigenvalue weighted by Gasteiger charge is -1.83. The van der Waals surface area contributed by atoms with Crippen LogP contribution in [0.25, 0.3) is 0 Å². The highest BCUT2D eigenvalue weighted by molar-refractivity contribution is 5.85. The van der Waals surface area contributed by atoms with Crippen LogP contribution in [-0.4, -0.2) is 17.1 Å². The van der Waals surface area contributed by atoms with Crippen molar-refractivity contribution in [3.63, 3.8) is 0 Å². The van der Waals surface area contributed by atoms with Crippen molar-refractivity contribution in [1.82, 2.24) is 0 Å². The lowest BCUT2D eigenvalue weighted by Crippen LogP contribution is -2.21. The van der Waals surface area contributed by atoms with Gasteiger partial charge in [-0.1, -0.05) is 0 Å². The van der Waals surface area contributed by atoms with Crippen LogP contribution in [0.2, 0.25) is 0 Å². The van der Waals surface area contributed by atoms with Crippen molar-refractivity contribution in [2.75, 3.05) is 0 Å². The number of guanidine groups is 1. The van der Waals surface area contributed by atoms with Crippen molar-refractivity contribution in [2.24, 2.45) is 21.7 Å². The quantitative estimate of drug-likeness (QED) is 0.333. The summed E-state index contributed by atoms with van der Waals surface area (Å²) < 4.78 is 4.73. The Morgan fingerprint density at radius 2 is 2.20 bits per heavy atom. The lowest BCUT2D eigenvalue weighted by molar-refractivity contribution is -0.402.